The van der Waals surface area contributed by atoms with Crippen LogP contribution in [0.5, 0.6) is 0 Å². The highest BCUT2D eigenvalue weighted by molar-refractivity contribution is 5.72. The van der Waals surface area contributed by atoms with Crippen LogP contribution >= 0.6 is 0 Å². The molecule has 18 heavy (non-hydrogen) atoms. The summed E-state index contributed by atoms with van der Waals surface area (Å²) in [5.41, 5.74) is -0.651. The van der Waals surface area contributed by atoms with Gasteiger partial charge in [0.25, 0.3) is 0 Å². The lowest BCUT2D eigenvalue weighted by molar-refractivity contribution is -0.149. The lowest BCUT2D eigenvalue weighted by Gasteiger charge is -2.46. The van der Waals surface area contributed by atoms with Crippen LogP contribution in [0, 0.1) is 5.92 Å². The van der Waals surface area contributed by atoms with Gasteiger partial charge in [-0.25, -0.2) is 0 Å². The molecule has 0 aromatic rings. The second kappa shape index (κ2) is 5.15. The third-order valence-electron chi connectivity index (χ3n) is 4.04. The molecule has 1 saturated heterocycles. The van der Waals surface area contributed by atoms with E-state index in [0.717, 1.165) is 39.0 Å². The van der Waals surface area contributed by atoms with Gasteiger partial charge in [-0.2, -0.15) is 0 Å². The van der Waals surface area contributed by atoms with Crippen molar-refractivity contribution in [3.63, 3.8) is 0 Å². The second-order valence-electron chi connectivity index (χ2n) is 6.21. The Bertz CT molecular complexity index is 306. The lowest BCUT2D eigenvalue weighted by atomic mass is 9.78. The SMILES string of the molecule is CC(C)(O)CN1CCN(C2CCC2C(=O)O)CC1. The summed E-state index contributed by atoms with van der Waals surface area (Å²) in [6.45, 7) is 8.03. The Kier molecular flexibility index (Phi) is 3.94. The van der Waals surface area contributed by atoms with Crippen molar-refractivity contribution in [1.82, 2.24) is 9.80 Å². The summed E-state index contributed by atoms with van der Waals surface area (Å²) in [7, 11) is 0. The number of nitrogens with zero attached hydrogens (tertiary/aromatic N) is 2. The van der Waals surface area contributed by atoms with E-state index in [2.05, 4.69) is 9.80 Å². The fourth-order valence-electron chi connectivity index (χ4n) is 3.01. The van der Waals surface area contributed by atoms with Gasteiger partial charge in [0.1, 0.15) is 0 Å². The molecule has 0 radical (unpaired) electrons. The molecule has 2 fully saturated rings. The van der Waals surface area contributed by atoms with E-state index in [0.29, 0.717) is 6.54 Å². The van der Waals surface area contributed by atoms with Gasteiger partial charge in [0.2, 0.25) is 0 Å². The molecule has 0 amide bonds. The molecule has 0 spiro atoms. The van der Waals surface area contributed by atoms with Crippen molar-refractivity contribution in [2.75, 3.05) is 32.7 Å². The monoisotopic (exact) mass is 256 g/mol. The van der Waals surface area contributed by atoms with Crippen molar-refractivity contribution in [1.29, 1.82) is 0 Å². The summed E-state index contributed by atoms with van der Waals surface area (Å²) in [4.78, 5) is 15.6. The highest BCUT2D eigenvalue weighted by atomic mass is 16.4. The third kappa shape index (κ3) is 3.22. The fourth-order valence-corrected chi connectivity index (χ4v) is 3.01. The number of piperazine rings is 1. The summed E-state index contributed by atoms with van der Waals surface area (Å²) < 4.78 is 0. The number of hydrogen-bond acceptors (Lipinski definition) is 4. The average molecular weight is 256 g/mol. The van der Waals surface area contributed by atoms with E-state index in [1.807, 2.05) is 13.8 Å². The first-order valence-electron chi connectivity index (χ1n) is 6.78. The third-order valence-corrected chi connectivity index (χ3v) is 4.04. The van der Waals surface area contributed by atoms with E-state index in [1.54, 1.807) is 0 Å². The Hall–Kier alpha value is -0.650. The van der Waals surface area contributed by atoms with Crippen molar-refractivity contribution in [3.8, 4) is 0 Å². The summed E-state index contributed by atoms with van der Waals surface area (Å²) in [5.74, 6) is -0.809. The number of aliphatic hydroxyl groups is 1. The molecule has 1 saturated carbocycles. The van der Waals surface area contributed by atoms with Crippen LogP contribution in [0.1, 0.15) is 26.7 Å². The summed E-state index contributed by atoms with van der Waals surface area (Å²) in [6.07, 6.45) is 1.84. The maximum atomic E-state index is 11.0. The molecule has 2 atom stereocenters. The van der Waals surface area contributed by atoms with E-state index < -0.39 is 11.6 Å². The van der Waals surface area contributed by atoms with Crippen LogP contribution in [0.25, 0.3) is 0 Å². The standard InChI is InChI=1S/C13H24N2O3/c1-13(2,18)9-14-5-7-15(8-6-14)11-4-3-10(11)12(16)17/h10-11,18H,3-9H2,1-2H3,(H,16,17). The van der Waals surface area contributed by atoms with E-state index in [4.69, 9.17) is 5.11 Å². The summed E-state index contributed by atoms with van der Waals surface area (Å²) >= 11 is 0. The first-order chi connectivity index (χ1) is 8.37. The normalized spacial score (nSPS) is 31.1. The van der Waals surface area contributed by atoms with Crippen LogP contribution in [0.15, 0.2) is 0 Å². The Morgan fingerprint density at radius 2 is 1.83 bits per heavy atom. The number of carbonyl (C=O) groups is 1. The van der Waals surface area contributed by atoms with Gasteiger partial charge in [-0.15, -0.1) is 0 Å². The Balaban J connectivity index is 1.79. The topological polar surface area (TPSA) is 64.0 Å². The van der Waals surface area contributed by atoms with Gasteiger partial charge in [0, 0.05) is 38.8 Å². The van der Waals surface area contributed by atoms with Gasteiger partial charge in [0.05, 0.1) is 11.5 Å². The van der Waals surface area contributed by atoms with Crippen molar-refractivity contribution in [3.05, 3.63) is 0 Å². The van der Waals surface area contributed by atoms with Gasteiger partial charge in [-0.05, 0) is 26.7 Å². The average Bonchev–Trinajstić information content (AvgIpc) is 2.16. The van der Waals surface area contributed by atoms with Gasteiger partial charge in [0.15, 0.2) is 0 Å². The molecule has 1 aliphatic carbocycles. The van der Waals surface area contributed by atoms with Crippen LogP contribution in [0.4, 0.5) is 0 Å². The van der Waals surface area contributed by atoms with Crippen LogP contribution < -0.4 is 0 Å². The molecule has 1 aliphatic heterocycles. The largest absolute Gasteiger partial charge is 0.481 e. The van der Waals surface area contributed by atoms with Gasteiger partial charge < -0.3 is 10.2 Å². The smallest absolute Gasteiger partial charge is 0.308 e. The molecule has 0 aromatic heterocycles. The summed E-state index contributed by atoms with van der Waals surface area (Å²) in [5, 5.41) is 18.9. The molecule has 5 heteroatoms. The molecule has 2 unspecified atom stereocenters. The maximum Gasteiger partial charge on any atom is 0.308 e. The molecule has 2 aliphatic rings. The van der Waals surface area contributed by atoms with Gasteiger partial charge in [-0.1, -0.05) is 0 Å². The molecule has 104 valence electrons. The van der Waals surface area contributed by atoms with Crippen LogP contribution in [0.2, 0.25) is 0 Å². The number of rotatable bonds is 4. The van der Waals surface area contributed by atoms with E-state index >= 15 is 0 Å². The zero-order valence-corrected chi connectivity index (χ0v) is 11.3. The minimum absolute atomic E-state index is 0.161. The molecular formula is C13H24N2O3. The van der Waals surface area contributed by atoms with E-state index in [1.165, 1.54) is 0 Å². The molecule has 5 nitrogen and oxygen atoms in total. The van der Waals surface area contributed by atoms with Crippen LogP contribution in [-0.4, -0.2) is 70.3 Å². The van der Waals surface area contributed by atoms with Crippen molar-refractivity contribution >= 4 is 5.97 Å². The van der Waals surface area contributed by atoms with Crippen molar-refractivity contribution in [2.24, 2.45) is 5.92 Å². The molecule has 1 heterocycles. The Morgan fingerprint density at radius 3 is 2.22 bits per heavy atom. The molecule has 2 N–H and O–H groups in total. The van der Waals surface area contributed by atoms with E-state index in [9.17, 15) is 9.90 Å². The number of aliphatic carboxylic acids is 1. The maximum absolute atomic E-state index is 11.0. The highest BCUT2D eigenvalue weighted by Gasteiger charge is 2.41. The highest BCUT2D eigenvalue weighted by Crippen LogP contribution is 2.32. The Labute approximate surface area is 108 Å². The number of carboxylic acids is 1. The van der Waals surface area contributed by atoms with E-state index in [-0.39, 0.29) is 12.0 Å². The minimum atomic E-state index is -0.651. The zero-order chi connectivity index (χ0) is 13.3. The second-order valence-corrected chi connectivity index (χ2v) is 6.21. The van der Waals surface area contributed by atoms with Gasteiger partial charge >= 0.3 is 5.97 Å². The molecular weight excluding hydrogens is 232 g/mol. The van der Waals surface area contributed by atoms with Crippen LogP contribution in [0.3, 0.4) is 0 Å². The number of β-amino-alcohol motifs (C(OH)–C–C–N with tert-alkyl or cyclic N) is 1. The number of hydrogen-bond donors (Lipinski definition) is 2. The zero-order valence-electron chi connectivity index (χ0n) is 11.3. The van der Waals surface area contributed by atoms with Crippen LogP contribution in [-0.2, 0) is 4.79 Å². The molecule has 2 rings (SSSR count). The van der Waals surface area contributed by atoms with Crippen molar-refractivity contribution < 1.29 is 15.0 Å². The lowest BCUT2D eigenvalue weighted by Crippen LogP contribution is -2.58. The summed E-state index contributed by atoms with van der Waals surface area (Å²) in [6, 6.07) is 0.242. The van der Waals surface area contributed by atoms with Crippen molar-refractivity contribution in [2.45, 2.75) is 38.3 Å². The predicted molar refractivity (Wildman–Crippen MR) is 68.5 cm³/mol. The Morgan fingerprint density at radius 1 is 1.22 bits per heavy atom. The number of carboxylic acid groups (broad SMARTS) is 1. The quantitative estimate of drug-likeness (QED) is 0.754. The molecule has 0 aromatic carbocycles. The first-order valence-corrected chi connectivity index (χ1v) is 6.78. The minimum Gasteiger partial charge on any atom is -0.481 e. The predicted octanol–water partition coefficient (Wildman–Crippen LogP) is 0.238. The first kappa shape index (κ1) is 13.8. The fraction of sp³-hybridized carbons (Fsp3) is 0.923. The molecule has 0 bridgehead atoms. The van der Waals surface area contributed by atoms with Gasteiger partial charge in [-0.3, -0.25) is 14.6 Å².